The molecule has 3 rings (SSSR count). The van der Waals surface area contributed by atoms with Gasteiger partial charge in [0.2, 0.25) is 5.91 Å². The molecule has 0 radical (unpaired) electrons. The molecule has 0 bridgehead atoms. The molecule has 2 aromatic rings. The molecule has 2 heterocycles. The number of rotatable bonds is 9. The van der Waals surface area contributed by atoms with Crippen LogP contribution in [0.1, 0.15) is 35.3 Å². The lowest BCUT2D eigenvalue weighted by atomic mass is 9.90. The Labute approximate surface area is 197 Å². The summed E-state index contributed by atoms with van der Waals surface area (Å²) >= 11 is 0. The minimum atomic E-state index is -1.89. The molecule has 9 N–H and O–H groups in total. The molecule has 14 heteroatoms. The molecule has 1 aliphatic rings. The first-order chi connectivity index (χ1) is 16.5. The lowest BCUT2D eigenvalue weighted by molar-refractivity contribution is -0.149. The first-order valence-corrected chi connectivity index (χ1v) is 10.5. The Bertz CT molecular complexity index is 1130. The summed E-state index contributed by atoms with van der Waals surface area (Å²) in [7, 11) is 0. The molecule has 0 aliphatic carbocycles. The number of carboxylic acid groups (broad SMARTS) is 1. The number of benzene rings is 1. The predicted molar refractivity (Wildman–Crippen MR) is 116 cm³/mol. The van der Waals surface area contributed by atoms with Gasteiger partial charge in [-0.25, -0.2) is 9.59 Å². The summed E-state index contributed by atoms with van der Waals surface area (Å²) in [5.74, 6) is -3.54. The minimum absolute atomic E-state index is 0.0279. The number of aromatic nitrogens is 2. The quantitative estimate of drug-likeness (QED) is 0.171. The topological polar surface area (TPSA) is 237 Å². The molecule has 190 valence electrons. The van der Waals surface area contributed by atoms with E-state index >= 15 is 0 Å². The second kappa shape index (κ2) is 10.4. The van der Waals surface area contributed by atoms with E-state index in [1.165, 1.54) is 31.2 Å². The zero-order valence-electron chi connectivity index (χ0n) is 18.4. The fourth-order valence-electron chi connectivity index (χ4n) is 3.81. The van der Waals surface area contributed by atoms with Crippen molar-refractivity contribution in [1.82, 2.24) is 14.9 Å². The summed E-state index contributed by atoms with van der Waals surface area (Å²) in [5, 5.41) is 52.5. The van der Waals surface area contributed by atoms with Crippen LogP contribution in [0, 0.1) is 5.92 Å². The highest BCUT2D eigenvalue weighted by molar-refractivity contribution is 5.87. The molecule has 1 aliphatic heterocycles. The molecule has 0 unspecified atom stereocenters. The van der Waals surface area contributed by atoms with E-state index in [2.05, 4.69) is 10.3 Å². The summed E-state index contributed by atoms with van der Waals surface area (Å²) in [6.45, 7) is 1.46. The number of phenols is 1. The third-order valence-corrected chi connectivity index (χ3v) is 5.93. The molecule has 1 amide bonds. The molecular formula is C21H26N4O10. The fourth-order valence-corrected chi connectivity index (χ4v) is 3.81. The number of aliphatic hydroxyl groups is 3. The van der Waals surface area contributed by atoms with Crippen LogP contribution in [-0.4, -0.2) is 83.6 Å². The maximum absolute atomic E-state index is 12.7. The number of carboxylic acids is 1. The van der Waals surface area contributed by atoms with Crippen LogP contribution in [0.2, 0.25) is 0 Å². The van der Waals surface area contributed by atoms with Crippen LogP contribution in [0.3, 0.4) is 0 Å². The largest absolute Gasteiger partial charge is 0.508 e. The van der Waals surface area contributed by atoms with Crippen molar-refractivity contribution in [3.05, 3.63) is 52.2 Å². The number of hydrogen-bond acceptors (Lipinski definition) is 10. The number of amides is 1. The third kappa shape index (κ3) is 5.26. The fraction of sp³-hybridized carbons (Fsp3) is 0.429. The van der Waals surface area contributed by atoms with Crippen molar-refractivity contribution in [3.8, 4) is 5.75 Å². The van der Waals surface area contributed by atoms with Gasteiger partial charge in [-0.3, -0.25) is 14.2 Å². The molecule has 14 nitrogen and oxygen atoms in total. The highest BCUT2D eigenvalue weighted by Crippen LogP contribution is 2.31. The van der Waals surface area contributed by atoms with E-state index < -0.39 is 66.2 Å². The minimum Gasteiger partial charge on any atom is -0.508 e. The number of aliphatic hydroxyl groups excluding tert-OH is 3. The maximum Gasteiger partial charge on any atom is 0.329 e. The molecule has 35 heavy (non-hydrogen) atoms. The van der Waals surface area contributed by atoms with Gasteiger partial charge in [0.05, 0.1) is 17.8 Å². The normalized spacial score (nSPS) is 25.4. The number of phenolic OH excluding ortho intramolecular Hbond substituents is 1. The summed E-state index contributed by atoms with van der Waals surface area (Å²) in [6.07, 6.45) is -6.71. The van der Waals surface area contributed by atoms with Crippen LogP contribution < -0.4 is 16.7 Å². The van der Waals surface area contributed by atoms with E-state index in [-0.39, 0.29) is 11.4 Å². The molecule has 1 fully saturated rings. The summed E-state index contributed by atoms with van der Waals surface area (Å²) in [6, 6.07) is 2.26. The lowest BCUT2D eigenvalue weighted by Crippen LogP contribution is -2.57. The second-order valence-electron chi connectivity index (χ2n) is 8.26. The Balaban J connectivity index is 1.75. The first-order valence-electron chi connectivity index (χ1n) is 10.5. The summed E-state index contributed by atoms with van der Waals surface area (Å²) in [5.41, 5.74) is 5.32. The number of carbonyl (C=O) groups excluding carboxylic acids is 2. The van der Waals surface area contributed by atoms with Crippen molar-refractivity contribution < 1.29 is 44.7 Å². The van der Waals surface area contributed by atoms with E-state index in [1.54, 1.807) is 0 Å². The summed E-state index contributed by atoms with van der Waals surface area (Å²) in [4.78, 5) is 49.7. The van der Waals surface area contributed by atoms with Crippen LogP contribution in [0.25, 0.3) is 0 Å². The van der Waals surface area contributed by atoms with Crippen molar-refractivity contribution in [1.29, 1.82) is 0 Å². The van der Waals surface area contributed by atoms with Crippen molar-refractivity contribution in [3.63, 3.8) is 0 Å². The number of carbonyl (C=O) groups is 3. The zero-order valence-corrected chi connectivity index (χ0v) is 18.4. The number of nitrogens with two attached hydrogens (primary N) is 1. The van der Waals surface area contributed by atoms with E-state index in [4.69, 9.17) is 10.5 Å². The molecule has 1 aromatic carbocycles. The average Bonchev–Trinajstić information content (AvgIpc) is 3.34. The van der Waals surface area contributed by atoms with Gasteiger partial charge in [0.1, 0.15) is 24.1 Å². The van der Waals surface area contributed by atoms with E-state index in [0.717, 1.165) is 10.8 Å². The van der Waals surface area contributed by atoms with Gasteiger partial charge in [0.25, 0.3) is 0 Å². The Morgan fingerprint density at radius 2 is 1.86 bits per heavy atom. The van der Waals surface area contributed by atoms with Gasteiger partial charge in [-0.05, 0) is 17.7 Å². The van der Waals surface area contributed by atoms with Gasteiger partial charge in [-0.2, -0.15) is 0 Å². The molecule has 0 saturated carbocycles. The lowest BCUT2D eigenvalue weighted by Gasteiger charge is -2.28. The van der Waals surface area contributed by atoms with Crippen molar-refractivity contribution in [2.45, 2.75) is 49.7 Å². The number of aromatic hydroxyl groups is 1. The van der Waals surface area contributed by atoms with Crippen LogP contribution >= 0.6 is 0 Å². The molecule has 1 aromatic heterocycles. The highest BCUT2D eigenvalue weighted by Gasteiger charge is 2.50. The van der Waals surface area contributed by atoms with Gasteiger partial charge >= 0.3 is 11.7 Å². The molecule has 1 saturated heterocycles. The number of nitrogens with zero attached hydrogens (tertiary/aromatic N) is 1. The summed E-state index contributed by atoms with van der Waals surface area (Å²) < 4.78 is 6.20. The van der Waals surface area contributed by atoms with Crippen LogP contribution in [0.4, 0.5) is 0 Å². The Kier molecular flexibility index (Phi) is 7.72. The van der Waals surface area contributed by atoms with Gasteiger partial charge < -0.3 is 46.3 Å². The van der Waals surface area contributed by atoms with Crippen molar-refractivity contribution >= 4 is 18.2 Å². The first kappa shape index (κ1) is 26.1. The van der Waals surface area contributed by atoms with Crippen LogP contribution in [0.5, 0.6) is 5.75 Å². The Morgan fingerprint density at radius 1 is 1.23 bits per heavy atom. The van der Waals surface area contributed by atoms with E-state index in [9.17, 15) is 44.7 Å². The van der Waals surface area contributed by atoms with Crippen molar-refractivity contribution in [2.24, 2.45) is 11.7 Å². The molecular weight excluding hydrogens is 468 g/mol. The standard InChI is InChI=1S/C21H26N4O10/c1-8(14(28)9-2-4-11(27)5-3-9)12(22)18(31)24-13(20(32)33)17-15(29)16(30)19(35-17)25-6-10(7-26)23-21(25)34/h2-8,12-17,19,27-30H,22H2,1H3,(H,23,34)(H,24,31)(H,32,33)/t8-,12-,13+,14-,15+,16-,17-,19-/m1/s1. The van der Waals surface area contributed by atoms with Crippen LogP contribution in [0.15, 0.2) is 35.3 Å². The Morgan fingerprint density at radius 3 is 2.40 bits per heavy atom. The number of nitrogens with one attached hydrogen (secondary N) is 2. The van der Waals surface area contributed by atoms with E-state index in [1.807, 2.05) is 0 Å². The zero-order chi connectivity index (χ0) is 26.0. The average molecular weight is 494 g/mol. The Hall–Kier alpha value is -3.56. The number of ether oxygens (including phenoxy) is 1. The molecule has 8 atom stereocenters. The van der Waals surface area contributed by atoms with Crippen molar-refractivity contribution in [2.75, 3.05) is 0 Å². The number of aliphatic carboxylic acids is 1. The smallest absolute Gasteiger partial charge is 0.329 e. The predicted octanol–water partition coefficient (Wildman–Crippen LogP) is -2.42. The number of H-pyrrole nitrogens is 1. The highest BCUT2D eigenvalue weighted by atomic mass is 16.6. The van der Waals surface area contributed by atoms with E-state index in [0.29, 0.717) is 11.8 Å². The second-order valence-corrected chi connectivity index (χ2v) is 8.26. The van der Waals surface area contributed by atoms with Crippen LogP contribution in [-0.2, 0) is 14.3 Å². The SMILES string of the molecule is C[C@H]([C@@H](N)C(=O)N[C@H](C(=O)O)[C@H]1O[C@@H](n2cc(C=O)[nH]c2=O)[C@H](O)[C@@H]1O)[C@@H](O)c1ccc(O)cc1. The van der Waals surface area contributed by atoms with Gasteiger partial charge in [0, 0.05) is 12.1 Å². The number of imidazole rings is 1. The van der Waals surface area contributed by atoms with Gasteiger partial charge in [-0.1, -0.05) is 19.1 Å². The molecule has 0 spiro atoms. The number of aldehydes is 1. The van der Waals surface area contributed by atoms with Gasteiger partial charge in [-0.15, -0.1) is 0 Å². The number of hydrogen-bond donors (Lipinski definition) is 8. The maximum atomic E-state index is 12.7. The third-order valence-electron chi connectivity index (χ3n) is 5.93. The number of aromatic amines is 1. The monoisotopic (exact) mass is 494 g/mol. The van der Waals surface area contributed by atoms with Gasteiger partial charge in [0.15, 0.2) is 18.6 Å².